The van der Waals surface area contributed by atoms with Gasteiger partial charge in [0.25, 0.3) is 5.56 Å². The first kappa shape index (κ1) is 9.50. The van der Waals surface area contributed by atoms with E-state index in [-0.39, 0.29) is 11.2 Å². The first-order valence-corrected chi connectivity index (χ1v) is 4.58. The van der Waals surface area contributed by atoms with E-state index in [0.29, 0.717) is 6.54 Å². The number of nitrogens with zero attached hydrogens (tertiary/aromatic N) is 1. The molecule has 0 fully saturated rings. The average Bonchev–Trinajstić information content (AvgIpc) is 2.55. The number of hydrogen-bond donors (Lipinski definition) is 3. The second kappa shape index (κ2) is 3.26. The van der Waals surface area contributed by atoms with Gasteiger partial charge in [-0.15, -0.1) is 0 Å². The number of rotatable bonds is 2. The molecule has 7 nitrogen and oxygen atoms in total. The predicted octanol–water partition coefficient (Wildman–Crippen LogP) is -0.884. The molecule has 0 aromatic carbocycles. The van der Waals surface area contributed by atoms with Crippen LogP contribution in [-0.4, -0.2) is 19.5 Å². The number of aromatic nitrogens is 4. The zero-order chi connectivity index (χ0) is 11.0. The molecule has 0 atom stereocenters. The van der Waals surface area contributed by atoms with Crippen molar-refractivity contribution in [2.24, 2.45) is 0 Å². The van der Waals surface area contributed by atoms with Crippen molar-refractivity contribution in [3.05, 3.63) is 31.3 Å². The van der Waals surface area contributed by atoms with Gasteiger partial charge >= 0.3 is 11.4 Å². The minimum atomic E-state index is -0.583. The molecule has 15 heavy (non-hydrogen) atoms. The van der Waals surface area contributed by atoms with Gasteiger partial charge in [0.1, 0.15) is 5.65 Å². The van der Waals surface area contributed by atoms with Crippen LogP contribution in [0.3, 0.4) is 0 Å². The Morgan fingerprint density at radius 3 is 2.53 bits per heavy atom. The molecule has 0 saturated carbocycles. The molecule has 7 heteroatoms. The van der Waals surface area contributed by atoms with Gasteiger partial charge in [0, 0.05) is 6.54 Å². The highest BCUT2D eigenvalue weighted by atomic mass is 16.2. The van der Waals surface area contributed by atoms with E-state index in [9.17, 15) is 14.4 Å². The van der Waals surface area contributed by atoms with Crippen LogP contribution in [0.2, 0.25) is 0 Å². The molecular formula is C8H10N4O3. The van der Waals surface area contributed by atoms with Crippen LogP contribution >= 0.6 is 0 Å². The second-order valence-electron chi connectivity index (χ2n) is 3.21. The molecule has 0 radical (unpaired) electrons. The largest absolute Gasteiger partial charge is 0.330 e. The summed E-state index contributed by atoms with van der Waals surface area (Å²) in [7, 11) is 0. The van der Waals surface area contributed by atoms with E-state index < -0.39 is 16.9 Å². The molecule has 2 aromatic heterocycles. The summed E-state index contributed by atoms with van der Waals surface area (Å²) in [6.45, 7) is 2.34. The summed E-state index contributed by atoms with van der Waals surface area (Å²) >= 11 is 0. The summed E-state index contributed by atoms with van der Waals surface area (Å²) in [6, 6.07) is 0. The number of aromatic amines is 3. The molecule has 2 aromatic rings. The van der Waals surface area contributed by atoms with Crippen molar-refractivity contribution in [2.45, 2.75) is 19.9 Å². The van der Waals surface area contributed by atoms with Crippen LogP contribution in [0.15, 0.2) is 14.4 Å². The molecule has 0 aliphatic rings. The number of H-pyrrole nitrogens is 3. The maximum atomic E-state index is 11.4. The Hall–Kier alpha value is -2.05. The lowest BCUT2D eigenvalue weighted by Gasteiger charge is -2.02. The van der Waals surface area contributed by atoms with Gasteiger partial charge in [0.05, 0.1) is 0 Å². The fourth-order valence-electron chi connectivity index (χ4n) is 1.51. The Balaban J connectivity index is 2.95. The number of hydrogen-bond acceptors (Lipinski definition) is 3. The van der Waals surface area contributed by atoms with Crippen molar-refractivity contribution < 1.29 is 0 Å². The van der Waals surface area contributed by atoms with E-state index in [0.717, 1.165) is 6.42 Å². The summed E-state index contributed by atoms with van der Waals surface area (Å²) in [6.07, 6.45) is 0.730. The van der Waals surface area contributed by atoms with Gasteiger partial charge in [0.15, 0.2) is 5.52 Å². The van der Waals surface area contributed by atoms with Crippen molar-refractivity contribution in [1.82, 2.24) is 19.5 Å². The molecule has 2 heterocycles. The van der Waals surface area contributed by atoms with Crippen LogP contribution < -0.4 is 16.9 Å². The van der Waals surface area contributed by atoms with Crippen molar-refractivity contribution in [3.8, 4) is 0 Å². The number of aryl methyl sites for hydroxylation is 1. The third-order valence-corrected chi connectivity index (χ3v) is 2.12. The molecule has 0 bridgehead atoms. The van der Waals surface area contributed by atoms with Crippen LogP contribution in [0.4, 0.5) is 0 Å². The highest BCUT2D eigenvalue weighted by Crippen LogP contribution is 1.97. The van der Waals surface area contributed by atoms with Gasteiger partial charge in [-0.1, -0.05) is 6.92 Å². The highest BCUT2D eigenvalue weighted by Gasteiger charge is 2.09. The van der Waals surface area contributed by atoms with E-state index >= 15 is 0 Å². The number of fused-ring (bicyclic) bond motifs is 1. The molecule has 0 unspecified atom stereocenters. The Morgan fingerprint density at radius 1 is 1.13 bits per heavy atom. The molecule has 2 rings (SSSR count). The van der Waals surface area contributed by atoms with E-state index in [1.54, 1.807) is 0 Å². The number of nitrogens with one attached hydrogen (secondary N) is 3. The van der Waals surface area contributed by atoms with Gasteiger partial charge in [0.2, 0.25) is 0 Å². The third kappa shape index (κ3) is 1.41. The summed E-state index contributed by atoms with van der Waals surface area (Å²) in [5, 5.41) is 0. The quantitative estimate of drug-likeness (QED) is 0.599. The summed E-state index contributed by atoms with van der Waals surface area (Å²) in [5.74, 6) is 0. The molecule has 0 aliphatic carbocycles. The maximum Gasteiger partial charge on any atom is 0.330 e. The highest BCUT2D eigenvalue weighted by molar-refractivity contribution is 5.68. The SMILES string of the molecule is CCCn1c(=O)[nH]c(=O)c2[nH]c(=O)[nH]c21. The summed E-state index contributed by atoms with van der Waals surface area (Å²) < 4.78 is 1.33. The maximum absolute atomic E-state index is 11.4. The molecular weight excluding hydrogens is 200 g/mol. The number of imidazole rings is 1. The average molecular weight is 210 g/mol. The Labute approximate surface area is 82.8 Å². The zero-order valence-electron chi connectivity index (χ0n) is 8.09. The Bertz CT molecular complexity index is 657. The molecule has 0 aliphatic heterocycles. The normalized spacial score (nSPS) is 11.0. The molecule has 80 valence electrons. The van der Waals surface area contributed by atoms with Crippen LogP contribution in [0.1, 0.15) is 13.3 Å². The molecule has 0 spiro atoms. The Kier molecular flexibility index (Phi) is 2.07. The van der Waals surface area contributed by atoms with Gasteiger partial charge in [-0.25, -0.2) is 9.59 Å². The van der Waals surface area contributed by atoms with Crippen molar-refractivity contribution >= 4 is 11.2 Å². The third-order valence-electron chi connectivity index (χ3n) is 2.12. The smallest absolute Gasteiger partial charge is 0.300 e. The first-order valence-electron chi connectivity index (χ1n) is 4.58. The predicted molar refractivity (Wildman–Crippen MR) is 54.1 cm³/mol. The standard InChI is InChI=1S/C8H10N4O3/c1-2-3-12-5-4(9-7(14)10-5)6(13)11-8(12)15/h2-3H2,1H3,(H2,9,10,14)(H,11,13,15). The van der Waals surface area contributed by atoms with Gasteiger partial charge in [-0.2, -0.15) is 0 Å². The first-order chi connectivity index (χ1) is 7.13. The lowest BCUT2D eigenvalue weighted by molar-refractivity contribution is 0.652. The van der Waals surface area contributed by atoms with Gasteiger partial charge in [-0.3, -0.25) is 24.3 Å². The van der Waals surface area contributed by atoms with E-state index in [1.807, 2.05) is 6.92 Å². The Morgan fingerprint density at radius 2 is 1.87 bits per heavy atom. The fourth-order valence-corrected chi connectivity index (χ4v) is 1.51. The monoisotopic (exact) mass is 210 g/mol. The van der Waals surface area contributed by atoms with E-state index in [4.69, 9.17) is 0 Å². The van der Waals surface area contributed by atoms with E-state index in [2.05, 4.69) is 15.0 Å². The summed E-state index contributed by atoms with van der Waals surface area (Å²) in [5.41, 5.74) is -1.24. The minimum Gasteiger partial charge on any atom is -0.300 e. The topological polar surface area (TPSA) is 104 Å². The molecule has 0 saturated heterocycles. The lowest BCUT2D eigenvalue weighted by atomic mass is 10.4. The van der Waals surface area contributed by atoms with Crippen LogP contribution in [0.25, 0.3) is 11.2 Å². The molecule has 3 N–H and O–H groups in total. The lowest BCUT2D eigenvalue weighted by Crippen LogP contribution is -2.30. The van der Waals surface area contributed by atoms with Crippen LogP contribution in [-0.2, 0) is 6.54 Å². The van der Waals surface area contributed by atoms with Crippen molar-refractivity contribution in [1.29, 1.82) is 0 Å². The molecule has 0 amide bonds. The minimum absolute atomic E-state index is 0.105. The van der Waals surface area contributed by atoms with Crippen molar-refractivity contribution in [2.75, 3.05) is 0 Å². The van der Waals surface area contributed by atoms with E-state index in [1.165, 1.54) is 4.57 Å². The van der Waals surface area contributed by atoms with Crippen molar-refractivity contribution in [3.63, 3.8) is 0 Å². The van der Waals surface area contributed by atoms with Gasteiger partial charge < -0.3 is 0 Å². The van der Waals surface area contributed by atoms with Gasteiger partial charge in [-0.05, 0) is 6.42 Å². The second-order valence-corrected chi connectivity index (χ2v) is 3.21. The van der Waals surface area contributed by atoms with Crippen LogP contribution in [0.5, 0.6) is 0 Å². The summed E-state index contributed by atoms with van der Waals surface area (Å²) in [4.78, 5) is 40.7. The van der Waals surface area contributed by atoms with Crippen LogP contribution in [0, 0.1) is 0 Å². The fraction of sp³-hybridized carbons (Fsp3) is 0.375. The zero-order valence-corrected chi connectivity index (χ0v) is 8.09.